The third-order valence-electron chi connectivity index (χ3n) is 5.26. The SMILES string of the molecule is O=C(c1ccc2ccccc2c1)c1c(C(F)(F)F)nc(C(F)F)c(CO)c1-c1ccccc1. The first-order chi connectivity index (χ1) is 15.7. The number of aliphatic hydroxyl groups excluding tert-OH is 1. The van der Waals surface area contributed by atoms with Crippen molar-refractivity contribution in [2.45, 2.75) is 19.2 Å². The Kier molecular flexibility index (Phi) is 5.95. The van der Waals surface area contributed by atoms with Crippen LogP contribution in [-0.4, -0.2) is 15.9 Å². The molecular weight excluding hydrogens is 441 g/mol. The lowest BCUT2D eigenvalue weighted by Crippen LogP contribution is -2.21. The summed E-state index contributed by atoms with van der Waals surface area (Å²) in [5.74, 6) is -1.03. The first kappa shape index (κ1) is 22.5. The quantitative estimate of drug-likeness (QED) is 0.272. The van der Waals surface area contributed by atoms with Crippen molar-refractivity contribution in [1.29, 1.82) is 0 Å². The molecule has 0 fully saturated rings. The maximum Gasteiger partial charge on any atom is 0.434 e. The molecule has 3 aromatic carbocycles. The zero-order chi connectivity index (χ0) is 23.8. The van der Waals surface area contributed by atoms with Gasteiger partial charge in [-0.05, 0) is 22.4 Å². The summed E-state index contributed by atoms with van der Waals surface area (Å²) in [6.45, 7) is -1.02. The molecule has 0 saturated carbocycles. The minimum atomic E-state index is -5.19. The summed E-state index contributed by atoms with van der Waals surface area (Å²) < 4.78 is 69.5. The van der Waals surface area contributed by atoms with Crippen molar-refractivity contribution >= 4 is 16.6 Å². The van der Waals surface area contributed by atoms with Crippen LogP contribution in [0.15, 0.2) is 72.8 Å². The summed E-state index contributed by atoms with van der Waals surface area (Å²) >= 11 is 0. The van der Waals surface area contributed by atoms with E-state index in [0.717, 1.165) is 5.39 Å². The van der Waals surface area contributed by atoms with Crippen molar-refractivity contribution in [1.82, 2.24) is 4.98 Å². The van der Waals surface area contributed by atoms with Gasteiger partial charge in [0, 0.05) is 16.7 Å². The number of fused-ring (bicyclic) bond motifs is 1. The number of nitrogens with zero attached hydrogens (tertiary/aromatic N) is 1. The molecule has 1 heterocycles. The van der Waals surface area contributed by atoms with Gasteiger partial charge in [-0.2, -0.15) is 13.2 Å². The Hall–Kier alpha value is -3.65. The van der Waals surface area contributed by atoms with Crippen LogP contribution in [0.2, 0.25) is 0 Å². The van der Waals surface area contributed by atoms with E-state index in [0.29, 0.717) is 5.39 Å². The molecule has 0 unspecified atom stereocenters. The normalized spacial score (nSPS) is 11.8. The Labute approximate surface area is 185 Å². The van der Waals surface area contributed by atoms with E-state index >= 15 is 0 Å². The summed E-state index contributed by atoms with van der Waals surface area (Å²) in [7, 11) is 0. The molecule has 0 aliphatic carbocycles. The average Bonchev–Trinajstić information content (AvgIpc) is 2.81. The number of alkyl halides is 5. The van der Waals surface area contributed by atoms with Crippen LogP contribution in [0.5, 0.6) is 0 Å². The highest BCUT2D eigenvalue weighted by Gasteiger charge is 2.41. The lowest BCUT2D eigenvalue weighted by Gasteiger charge is -2.21. The zero-order valence-corrected chi connectivity index (χ0v) is 16.9. The third kappa shape index (κ3) is 4.21. The molecule has 0 radical (unpaired) electrons. The highest BCUT2D eigenvalue weighted by Crippen LogP contribution is 2.41. The molecule has 0 aliphatic heterocycles. The molecule has 0 saturated heterocycles. The van der Waals surface area contributed by atoms with Gasteiger partial charge in [0.1, 0.15) is 5.69 Å². The van der Waals surface area contributed by atoms with E-state index in [4.69, 9.17) is 0 Å². The molecular formula is C25H16F5NO2. The van der Waals surface area contributed by atoms with Gasteiger partial charge in [0.05, 0.1) is 12.2 Å². The molecule has 168 valence electrons. The van der Waals surface area contributed by atoms with Crippen LogP contribution in [0.25, 0.3) is 21.9 Å². The zero-order valence-electron chi connectivity index (χ0n) is 16.9. The van der Waals surface area contributed by atoms with Gasteiger partial charge in [0.2, 0.25) is 0 Å². The predicted octanol–water partition coefficient (Wildman–Crippen LogP) is 6.58. The van der Waals surface area contributed by atoms with Gasteiger partial charge >= 0.3 is 6.18 Å². The second kappa shape index (κ2) is 8.71. The van der Waals surface area contributed by atoms with Gasteiger partial charge in [0.25, 0.3) is 6.43 Å². The lowest BCUT2D eigenvalue weighted by atomic mass is 9.87. The van der Waals surface area contributed by atoms with Crippen molar-refractivity contribution in [2.24, 2.45) is 0 Å². The smallest absolute Gasteiger partial charge is 0.392 e. The van der Waals surface area contributed by atoms with Crippen LogP contribution in [-0.2, 0) is 12.8 Å². The molecule has 4 aromatic rings. The minimum absolute atomic E-state index is 0.0631. The summed E-state index contributed by atoms with van der Waals surface area (Å²) in [4.78, 5) is 16.6. The third-order valence-corrected chi connectivity index (χ3v) is 5.26. The number of aliphatic hydroxyl groups is 1. The molecule has 8 heteroatoms. The first-order valence-electron chi connectivity index (χ1n) is 9.84. The monoisotopic (exact) mass is 457 g/mol. The van der Waals surface area contributed by atoms with Crippen LogP contribution in [0, 0.1) is 0 Å². The second-order valence-electron chi connectivity index (χ2n) is 7.29. The Morgan fingerprint density at radius 1 is 0.909 bits per heavy atom. The van der Waals surface area contributed by atoms with E-state index in [1.165, 1.54) is 36.4 Å². The molecule has 1 aromatic heterocycles. The topological polar surface area (TPSA) is 50.2 Å². The molecule has 3 nitrogen and oxygen atoms in total. The number of hydrogen-bond donors (Lipinski definition) is 1. The second-order valence-corrected chi connectivity index (χ2v) is 7.29. The standard InChI is InChI=1S/C25H16F5NO2/c26-24(27)21-18(13-32)19(15-7-2-1-3-8-15)20(23(31-21)25(28,29)30)22(33)17-11-10-14-6-4-5-9-16(14)12-17/h1-12,24,32H,13H2. The van der Waals surface area contributed by atoms with Gasteiger partial charge in [-0.1, -0.05) is 66.7 Å². The predicted molar refractivity (Wildman–Crippen MR) is 113 cm³/mol. The van der Waals surface area contributed by atoms with Gasteiger partial charge in [-0.15, -0.1) is 0 Å². The van der Waals surface area contributed by atoms with Crippen LogP contribution in [0.4, 0.5) is 22.0 Å². The van der Waals surface area contributed by atoms with E-state index in [-0.39, 0.29) is 11.1 Å². The summed E-state index contributed by atoms with van der Waals surface area (Å²) in [6, 6.07) is 18.7. The molecule has 33 heavy (non-hydrogen) atoms. The number of pyridine rings is 1. The summed E-state index contributed by atoms with van der Waals surface area (Å²) in [6.07, 6.45) is -8.58. The van der Waals surface area contributed by atoms with Gasteiger partial charge in [0.15, 0.2) is 11.5 Å². The highest BCUT2D eigenvalue weighted by molar-refractivity contribution is 6.15. The summed E-state index contributed by atoms with van der Waals surface area (Å²) in [5, 5.41) is 11.3. The van der Waals surface area contributed by atoms with E-state index in [1.807, 2.05) is 0 Å². The number of benzene rings is 3. The largest absolute Gasteiger partial charge is 0.434 e. The van der Waals surface area contributed by atoms with Crippen molar-refractivity contribution in [3.8, 4) is 11.1 Å². The molecule has 4 rings (SSSR count). The number of carbonyl (C=O) groups excluding carboxylic acids is 1. The van der Waals surface area contributed by atoms with Crippen LogP contribution in [0.1, 0.15) is 39.3 Å². The maximum absolute atomic E-state index is 14.0. The Morgan fingerprint density at radius 3 is 2.15 bits per heavy atom. The first-order valence-corrected chi connectivity index (χ1v) is 9.84. The van der Waals surface area contributed by atoms with Crippen molar-refractivity contribution < 1.29 is 31.9 Å². The van der Waals surface area contributed by atoms with Gasteiger partial charge in [-0.25, -0.2) is 13.8 Å². The Morgan fingerprint density at radius 2 is 1.55 bits per heavy atom. The van der Waals surface area contributed by atoms with E-state index in [9.17, 15) is 31.9 Å². The highest BCUT2D eigenvalue weighted by atomic mass is 19.4. The van der Waals surface area contributed by atoms with Crippen molar-refractivity contribution in [3.63, 3.8) is 0 Å². The lowest BCUT2D eigenvalue weighted by molar-refractivity contribution is -0.141. The number of carbonyl (C=O) groups is 1. The fourth-order valence-corrected chi connectivity index (χ4v) is 3.81. The number of halogens is 5. The van der Waals surface area contributed by atoms with Crippen LogP contribution >= 0.6 is 0 Å². The van der Waals surface area contributed by atoms with Crippen LogP contribution in [0.3, 0.4) is 0 Å². The minimum Gasteiger partial charge on any atom is -0.392 e. The molecule has 0 spiro atoms. The molecule has 0 amide bonds. The fourth-order valence-electron chi connectivity index (χ4n) is 3.81. The van der Waals surface area contributed by atoms with Gasteiger partial charge in [-0.3, -0.25) is 4.79 Å². The van der Waals surface area contributed by atoms with Gasteiger partial charge < -0.3 is 5.11 Å². The van der Waals surface area contributed by atoms with Crippen molar-refractivity contribution in [3.05, 3.63) is 101 Å². The number of rotatable bonds is 5. The molecule has 1 N–H and O–H groups in total. The maximum atomic E-state index is 14.0. The average molecular weight is 457 g/mol. The van der Waals surface area contributed by atoms with Crippen molar-refractivity contribution in [2.75, 3.05) is 0 Å². The van der Waals surface area contributed by atoms with E-state index in [2.05, 4.69) is 4.98 Å². The number of aromatic nitrogens is 1. The van der Waals surface area contributed by atoms with E-state index < -0.39 is 53.1 Å². The number of ketones is 1. The number of hydrogen-bond acceptors (Lipinski definition) is 3. The fraction of sp³-hybridized carbons (Fsp3) is 0.120. The molecule has 0 atom stereocenters. The van der Waals surface area contributed by atoms with Crippen LogP contribution < -0.4 is 0 Å². The van der Waals surface area contributed by atoms with E-state index in [1.54, 1.807) is 36.4 Å². The molecule has 0 bridgehead atoms. The Bertz CT molecular complexity index is 1330. The molecule has 0 aliphatic rings. The Balaban J connectivity index is 2.09. The summed E-state index contributed by atoms with van der Waals surface area (Å²) in [5.41, 5.74) is -4.71.